The molecule has 0 saturated heterocycles. The van der Waals surface area contributed by atoms with E-state index in [1.165, 1.54) is 19.3 Å². The van der Waals surface area contributed by atoms with Gasteiger partial charge in [-0.05, 0) is 37.3 Å². The summed E-state index contributed by atoms with van der Waals surface area (Å²) < 4.78 is 0. The fraction of sp³-hybridized carbons (Fsp3) is 0.500. The van der Waals surface area contributed by atoms with Crippen LogP contribution in [-0.4, -0.2) is 16.6 Å². The number of hydrogen-bond acceptors (Lipinski definition) is 2. The highest BCUT2D eigenvalue weighted by molar-refractivity contribution is 5.94. The van der Waals surface area contributed by atoms with Crippen LogP contribution in [0.2, 0.25) is 0 Å². The molecule has 0 aliphatic heterocycles. The predicted octanol–water partition coefficient (Wildman–Crippen LogP) is 2.31. The van der Waals surface area contributed by atoms with E-state index in [2.05, 4.69) is 22.4 Å². The number of nitrogens with one attached hydrogen (secondary N) is 2. The Morgan fingerprint density at radius 3 is 3.12 bits per heavy atom. The van der Waals surface area contributed by atoms with Gasteiger partial charge in [0.1, 0.15) is 5.69 Å². The minimum Gasteiger partial charge on any atom is -0.357 e. The summed E-state index contributed by atoms with van der Waals surface area (Å²) in [7, 11) is 0. The first-order valence-corrected chi connectivity index (χ1v) is 5.77. The quantitative estimate of drug-likeness (QED) is 0.737. The van der Waals surface area contributed by atoms with Gasteiger partial charge in [-0.3, -0.25) is 4.79 Å². The zero-order valence-electron chi connectivity index (χ0n) is 9.49. The number of nitrogens with zero attached hydrogens (tertiary/aromatic N) is 1. The van der Waals surface area contributed by atoms with Crippen molar-refractivity contribution in [3.05, 3.63) is 24.0 Å². The summed E-state index contributed by atoms with van der Waals surface area (Å²) in [5, 5.41) is 4.22. The number of carbonyl (C=O) groups is 1. The Bertz CT molecular complexity index is 381. The van der Waals surface area contributed by atoms with E-state index in [1.54, 1.807) is 18.3 Å². The summed E-state index contributed by atoms with van der Waals surface area (Å²) in [6, 6.07) is 3.53. The lowest BCUT2D eigenvalue weighted by Crippen LogP contribution is -2.24. The van der Waals surface area contributed by atoms with Gasteiger partial charge in [-0.25, -0.2) is 5.43 Å². The van der Waals surface area contributed by atoms with Gasteiger partial charge in [0, 0.05) is 11.9 Å². The second-order valence-corrected chi connectivity index (χ2v) is 4.27. The number of hydrazone groups is 1. The monoisotopic (exact) mass is 219 g/mol. The molecule has 1 aromatic rings. The normalized spacial score (nSPS) is 23.3. The second-order valence-electron chi connectivity index (χ2n) is 4.27. The topological polar surface area (TPSA) is 57.2 Å². The average molecular weight is 219 g/mol. The van der Waals surface area contributed by atoms with Gasteiger partial charge in [-0.15, -0.1) is 0 Å². The van der Waals surface area contributed by atoms with Gasteiger partial charge >= 0.3 is 0 Å². The first kappa shape index (κ1) is 10.9. The van der Waals surface area contributed by atoms with Crippen molar-refractivity contribution in [2.24, 2.45) is 11.0 Å². The molecule has 0 bridgehead atoms. The van der Waals surface area contributed by atoms with Crippen LogP contribution in [0, 0.1) is 5.92 Å². The largest absolute Gasteiger partial charge is 0.357 e. The number of aromatic nitrogens is 1. The summed E-state index contributed by atoms with van der Waals surface area (Å²) >= 11 is 0. The summed E-state index contributed by atoms with van der Waals surface area (Å²) in [5.41, 5.74) is 4.27. The third kappa shape index (κ3) is 2.51. The highest BCUT2D eigenvalue weighted by Crippen LogP contribution is 2.20. The number of rotatable bonds is 2. The van der Waals surface area contributed by atoms with Crippen molar-refractivity contribution in [1.82, 2.24) is 10.4 Å². The van der Waals surface area contributed by atoms with E-state index < -0.39 is 0 Å². The predicted molar refractivity (Wildman–Crippen MR) is 63.3 cm³/mol. The van der Waals surface area contributed by atoms with Gasteiger partial charge in [0.25, 0.3) is 5.91 Å². The van der Waals surface area contributed by atoms with E-state index >= 15 is 0 Å². The molecule has 4 heteroatoms. The van der Waals surface area contributed by atoms with Gasteiger partial charge in [0.15, 0.2) is 0 Å². The zero-order valence-corrected chi connectivity index (χ0v) is 9.49. The molecule has 1 saturated carbocycles. The molecule has 86 valence electrons. The van der Waals surface area contributed by atoms with Crippen LogP contribution < -0.4 is 5.43 Å². The van der Waals surface area contributed by atoms with E-state index in [0.29, 0.717) is 11.6 Å². The summed E-state index contributed by atoms with van der Waals surface area (Å²) in [4.78, 5) is 14.5. The summed E-state index contributed by atoms with van der Waals surface area (Å²) in [6.07, 6.45) is 6.36. The molecule has 1 atom stereocenters. The molecule has 0 radical (unpaired) electrons. The van der Waals surface area contributed by atoms with E-state index in [1.807, 2.05) is 0 Å². The van der Waals surface area contributed by atoms with E-state index in [-0.39, 0.29) is 5.91 Å². The van der Waals surface area contributed by atoms with Crippen molar-refractivity contribution in [1.29, 1.82) is 0 Å². The zero-order chi connectivity index (χ0) is 11.4. The summed E-state index contributed by atoms with van der Waals surface area (Å²) in [5.74, 6) is 0.327. The van der Waals surface area contributed by atoms with Crippen molar-refractivity contribution in [3.8, 4) is 0 Å². The van der Waals surface area contributed by atoms with Crippen molar-refractivity contribution < 1.29 is 4.79 Å². The smallest absolute Gasteiger partial charge is 0.287 e. The molecule has 1 fully saturated rings. The van der Waals surface area contributed by atoms with Crippen LogP contribution >= 0.6 is 0 Å². The van der Waals surface area contributed by atoms with E-state index in [0.717, 1.165) is 12.1 Å². The SMILES string of the molecule is C[C@H]1CCCCC1=NNC(=O)c1ccc[nH]1. The first-order chi connectivity index (χ1) is 7.77. The molecular weight excluding hydrogens is 202 g/mol. The van der Waals surface area contributed by atoms with Crippen LogP contribution in [0.15, 0.2) is 23.4 Å². The van der Waals surface area contributed by atoms with Gasteiger partial charge in [-0.1, -0.05) is 13.3 Å². The van der Waals surface area contributed by atoms with Gasteiger partial charge in [0.2, 0.25) is 0 Å². The maximum absolute atomic E-state index is 11.6. The van der Waals surface area contributed by atoms with E-state index in [4.69, 9.17) is 0 Å². The molecular formula is C12H17N3O. The highest BCUT2D eigenvalue weighted by Gasteiger charge is 2.16. The Hall–Kier alpha value is -1.58. The Morgan fingerprint density at radius 2 is 2.44 bits per heavy atom. The first-order valence-electron chi connectivity index (χ1n) is 5.77. The number of aromatic amines is 1. The van der Waals surface area contributed by atoms with Gasteiger partial charge in [-0.2, -0.15) is 5.10 Å². The Kier molecular flexibility index (Phi) is 3.39. The van der Waals surface area contributed by atoms with Crippen molar-refractivity contribution in [2.75, 3.05) is 0 Å². The van der Waals surface area contributed by atoms with Crippen LogP contribution in [0.1, 0.15) is 43.1 Å². The number of hydrogen-bond donors (Lipinski definition) is 2. The molecule has 4 nitrogen and oxygen atoms in total. The summed E-state index contributed by atoms with van der Waals surface area (Å²) in [6.45, 7) is 2.17. The molecule has 0 aromatic carbocycles. The molecule has 0 unspecified atom stereocenters. The highest BCUT2D eigenvalue weighted by atomic mass is 16.2. The third-order valence-corrected chi connectivity index (χ3v) is 3.03. The molecule has 0 spiro atoms. The molecule has 16 heavy (non-hydrogen) atoms. The van der Waals surface area contributed by atoms with Gasteiger partial charge in [0.05, 0.1) is 0 Å². The molecule has 1 heterocycles. The fourth-order valence-electron chi connectivity index (χ4n) is 1.99. The van der Waals surface area contributed by atoms with Crippen LogP contribution in [0.25, 0.3) is 0 Å². The lowest BCUT2D eigenvalue weighted by molar-refractivity contribution is 0.0950. The van der Waals surface area contributed by atoms with E-state index in [9.17, 15) is 4.79 Å². The van der Waals surface area contributed by atoms with Crippen LogP contribution in [0.5, 0.6) is 0 Å². The fourth-order valence-corrected chi connectivity index (χ4v) is 1.99. The lowest BCUT2D eigenvalue weighted by Gasteiger charge is -2.19. The Labute approximate surface area is 95.1 Å². The minimum absolute atomic E-state index is 0.171. The molecule has 2 rings (SSSR count). The Morgan fingerprint density at radius 1 is 1.56 bits per heavy atom. The molecule has 2 N–H and O–H groups in total. The second kappa shape index (κ2) is 4.96. The van der Waals surface area contributed by atoms with Crippen molar-refractivity contribution >= 4 is 11.6 Å². The number of H-pyrrole nitrogens is 1. The third-order valence-electron chi connectivity index (χ3n) is 3.03. The van der Waals surface area contributed by atoms with Gasteiger partial charge < -0.3 is 4.98 Å². The lowest BCUT2D eigenvalue weighted by atomic mass is 9.89. The maximum Gasteiger partial charge on any atom is 0.287 e. The maximum atomic E-state index is 11.6. The minimum atomic E-state index is -0.171. The molecule has 1 aliphatic rings. The molecule has 1 amide bonds. The van der Waals surface area contributed by atoms with Crippen molar-refractivity contribution in [3.63, 3.8) is 0 Å². The number of amides is 1. The van der Waals surface area contributed by atoms with Crippen LogP contribution in [-0.2, 0) is 0 Å². The molecule has 1 aliphatic carbocycles. The van der Waals surface area contributed by atoms with Crippen molar-refractivity contribution in [2.45, 2.75) is 32.6 Å². The van der Waals surface area contributed by atoms with Crippen LogP contribution in [0.3, 0.4) is 0 Å². The molecule has 1 aromatic heterocycles. The average Bonchev–Trinajstić information content (AvgIpc) is 2.81. The standard InChI is InChI=1S/C12H17N3O/c1-9-5-2-3-6-10(9)14-15-12(16)11-7-4-8-13-11/h4,7-9,13H,2-3,5-6H2,1H3,(H,15,16)/t9-/m0/s1. The Balaban J connectivity index is 1.95. The number of carbonyl (C=O) groups excluding carboxylic acids is 1. The van der Waals surface area contributed by atoms with Crippen LogP contribution in [0.4, 0.5) is 0 Å².